The Bertz CT molecular complexity index is 383. The number of hydrogen-bond donors (Lipinski definition) is 2. The van der Waals surface area contributed by atoms with Crippen LogP contribution >= 0.6 is 11.6 Å². The lowest BCUT2D eigenvalue weighted by Crippen LogP contribution is -2.43. The van der Waals surface area contributed by atoms with Gasteiger partial charge in [-0.25, -0.2) is 10.3 Å². The van der Waals surface area contributed by atoms with E-state index in [1.54, 1.807) is 19.2 Å². The van der Waals surface area contributed by atoms with Gasteiger partial charge in [-0.2, -0.15) is 0 Å². The molecule has 0 aliphatic carbocycles. The molecule has 6 heteroatoms. The molecule has 2 amide bonds. The fourth-order valence-electron chi connectivity index (χ4n) is 1.69. The van der Waals surface area contributed by atoms with Gasteiger partial charge in [-0.3, -0.25) is 4.84 Å². The van der Waals surface area contributed by atoms with Crippen LogP contribution in [-0.4, -0.2) is 26.3 Å². The molecule has 0 saturated carbocycles. The van der Waals surface area contributed by atoms with Crippen molar-refractivity contribution in [3.8, 4) is 0 Å². The Balaban J connectivity index is 2.70. The van der Waals surface area contributed by atoms with Gasteiger partial charge in [-0.1, -0.05) is 23.7 Å². The third kappa shape index (κ3) is 4.18. The Morgan fingerprint density at radius 1 is 1.28 bits per heavy atom. The quantitative estimate of drug-likeness (QED) is 0.809. The van der Waals surface area contributed by atoms with Gasteiger partial charge in [0.15, 0.2) is 0 Å². The second-order valence-corrected chi connectivity index (χ2v) is 4.21. The number of carbonyl (C=O) groups excluding carboxylic acids is 1. The van der Waals surface area contributed by atoms with Crippen LogP contribution in [0.2, 0.25) is 5.02 Å². The molecule has 5 nitrogen and oxygen atoms in total. The van der Waals surface area contributed by atoms with Crippen LogP contribution in [0.25, 0.3) is 0 Å². The van der Waals surface area contributed by atoms with Crippen LogP contribution in [0.4, 0.5) is 4.79 Å². The van der Waals surface area contributed by atoms with Gasteiger partial charge in [-0.15, -0.1) is 0 Å². The largest absolute Gasteiger partial charge is 0.375 e. The molecule has 100 valence electrons. The second-order valence-electron chi connectivity index (χ2n) is 3.78. The van der Waals surface area contributed by atoms with Crippen molar-refractivity contribution in [1.82, 2.24) is 10.8 Å². The number of nitrogens with one attached hydrogen (secondary N) is 2. The molecule has 18 heavy (non-hydrogen) atoms. The summed E-state index contributed by atoms with van der Waals surface area (Å²) < 4.78 is 5.39. The molecule has 1 aromatic rings. The number of methoxy groups -OCH3 is 1. The van der Waals surface area contributed by atoms with Crippen LogP contribution in [0.5, 0.6) is 0 Å². The minimum atomic E-state index is -0.416. The van der Waals surface area contributed by atoms with Crippen LogP contribution < -0.4 is 10.8 Å². The SMILES string of the molecule is CONC(=O)N[C@@H](C)[C@H](OC)c1ccc(Cl)cc1. The molecule has 0 spiro atoms. The van der Waals surface area contributed by atoms with E-state index in [1.165, 1.54) is 7.11 Å². The zero-order valence-electron chi connectivity index (χ0n) is 10.6. The van der Waals surface area contributed by atoms with Gasteiger partial charge in [0.1, 0.15) is 6.10 Å². The summed E-state index contributed by atoms with van der Waals surface area (Å²) in [6, 6.07) is 6.66. The zero-order valence-corrected chi connectivity index (χ0v) is 11.3. The van der Waals surface area contributed by atoms with Crippen LogP contribution in [0.3, 0.4) is 0 Å². The molecule has 0 heterocycles. The summed E-state index contributed by atoms with van der Waals surface area (Å²) in [5.41, 5.74) is 3.13. The van der Waals surface area contributed by atoms with Crippen LogP contribution in [0.15, 0.2) is 24.3 Å². The maximum absolute atomic E-state index is 11.3. The highest BCUT2D eigenvalue weighted by atomic mass is 35.5. The van der Waals surface area contributed by atoms with Crippen molar-refractivity contribution in [3.05, 3.63) is 34.9 Å². The van der Waals surface area contributed by atoms with Gasteiger partial charge in [-0.05, 0) is 24.6 Å². The number of rotatable bonds is 5. The predicted octanol–water partition coefficient (Wildman–Crippen LogP) is 2.28. The van der Waals surface area contributed by atoms with E-state index in [4.69, 9.17) is 16.3 Å². The van der Waals surface area contributed by atoms with Gasteiger partial charge >= 0.3 is 6.03 Å². The first-order valence-corrected chi connectivity index (χ1v) is 5.84. The molecule has 0 radical (unpaired) electrons. The van der Waals surface area contributed by atoms with Gasteiger partial charge in [0.25, 0.3) is 0 Å². The molecule has 0 bridgehead atoms. The van der Waals surface area contributed by atoms with E-state index >= 15 is 0 Å². The number of carbonyl (C=O) groups is 1. The average Bonchev–Trinajstić information content (AvgIpc) is 2.32. The molecular weight excluding hydrogens is 256 g/mol. The van der Waals surface area contributed by atoms with Crippen LogP contribution in [0.1, 0.15) is 18.6 Å². The highest BCUT2D eigenvalue weighted by molar-refractivity contribution is 6.30. The molecule has 2 N–H and O–H groups in total. The number of amides is 2. The van der Waals surface area contributed by atoms with Crippen molar-refractivity contribution in [2.24, 2.45) is 0 Å². The molecule has 1 aromatic carbocycles. The molecular formula is C12H17ClN2O3. The third-order valence-corrected chi connectivity index (χ3v) is 2.71. The fraction of sp³-hybridized carbons (Fsp3) is 0.417. The number of hydroxylamine groups is 1. The van der Waals surface area contributed by atoms with E-state index < -0.39 is 6.03 Å². The van der Waals surface area contributed by atoms with Crippen molar-refractivity contribution in [3.63, 3.8) is 0 Å². The minimum Gasteiger partial charge on any atom is -0.375 e. The van der Waals surface area contributed by atoms with Crippen molar-refractivity contribution in [2.75, 3.05) is 14.2 Å². The lowest BCUT2D eigenvalue weighted by atomic mass is 10.0. The van der Waals surface area contributed by atoms with E-state index in [9.17, 15) is 4.79 Å². The third-order valence-electron chi connectivity index (χ3n) is 2.46. The Hall–Kier alpha value is -1.30. The maximum Gasteiger partial charge on any atom is 0.339 e. The lowest BCUT2D eigenvalue weighted by Gasteiger charge is -2.24. The Labute approximate surface area is 111 Å². The first-order chi connectivity index (χ1) is 8.58. The topological polar surface area (TPSA) is 59.6 Å². The normalized spacial score (nSPS) is 13.8. The van der Waals surface area contributed by atoms with Crippen molar-refractivity contribution < 1.29 is 14.4 Å². The highest BCUT2D eigenvalue weighted by Crippen LogP contribution is 2.22. The monoisotopic (exact) mass is 272 g/mol. The summed E-state index contributed by atoms with van der Waals surface area (Å²) >= 11 is 5.83. The first-order valence-electron chi connectivity index (χ1n) is 5.46. The summed E-state index contributed by atoms with van der Waals surface area (Å²) in [6.07, 6.45) is -0.259. The molecule has 2 atom stereocenters. The number of benzene rings is 1. The smallest absolute Gasteiger partial charge is 0.339 e. The van der Waals surface area contributed by atoms with E-state index in [1.807, 2.05) is 19.1 Å². The Morgan fingerprint density at radius 3 is 2.39 bits per heavy atom. The van der Waals surface area contributed by atoms with Gasteiger partial charge in [0.05, 0.1) is 13.2 Å². The lowest BCUT2D eigenvalue weighted by molar-refractivity contribution is 0.0676. The average molecular weight is 273 g/mol. The summed E-state index contributed by atoms with van der Waals surface area (Å²) in [7, 11) is 2.96. The summed E-state index contributed by atoms with van der Waals surface area (Å²) in [5, 5.41) is 3.37. The zero-order chi connectivity index (χ0) is 13.5. The minimum absolute atomic E-state index is 0.216. The highest BCUT2D eigenvalue weighted by Gasteiger charge is 2.20. The van der Waals surface area contributed by atoms with Gasteiger partial charge in [0, 0.05) is 12.1 Å². The predicted molar refractivity (Wildman–Crippen MR) is 69.3 cm³/mol. The van der Waals surface area contributed by atoms with E-state index in [0.717, 1.165) is 5.56 Å². The maximum atomic E-state index is 11.3. The van der Waals surface area contributed by atoms with Crippen LogP contribution in [0, 0.1) is 0 Å². The van der Waals surface area contributed by atoms with E-state index in [0.29, 0.717) is 5.02 Å². The summed E-state index contributed by atoms with van der Waals surface area (Å²) in [6.45, 7) is 1.85. The van der Waals surface area contributed by atoms with Crippen molar-refractivity contribution in [1.29, 1.82) is 0 Å². The molecule has 0 aliphatic heterocycles. The summed E-state index contributed by atoms with van der Waals surface area (Å²) in [4.78, 5) is 15.9. The number of urea groups is 1. The number of ether oxygens (including phenoxy) is 1. The second kappa shape index (κ2) is 7.20. The van der Waals surface area contributed by atoms with E-state index in [2.05, 4.69) is 15.6 Å². The van der Waals surface area contributed by atoms with Gasteiger partial charge < -0.3 is 10.1 Å². The van der Waals surface area contributed by atoms with E-state index in [-0.39, 0.29) is 12.1 Å². The molecule has 1 rings (SSSR count). The molecule has 0 aliphatic rings. The molecule has 0 aromatic heterocycles. The molecule has 0 saturated heterocycles. The Morgan fingerprint density at radius 2 is 1.89 bits per heavy atom. The molecule has 0 fully saturated rings. The van der Waals surface area contributed by atoms with Crippen molar-refractivity contribution in [2.45, 2.75) is 19.1 Å². The van der Waals surface area contributed by atoms with Crippen LogP contribution in [-0.2, 0) is 9.57 Å². The van der Waals surface area contributed by atoms with Gasteiger partial charge in [0.2, 0.25) is 0 Å². The Kier molecular flexibility index (Phi) is 5.91. The summed E-state index contributed by atoms with van der Waals surface area (Å²) in [5.74, 6) is 0. The first kappa shape index (κ1) is 14.8. The standard InChI is InChI=1S/C12H17ClN2O3/c1-8(14-12(16)15-18-3)11(17-2)9-4-6-10(13)7-5-9/h4-8,11H,1-3H3,(H2,14,15,16)/t8-,11-/m0/s1. The number of halogens is 1. The molecule has 0 unspecified atom stereocenters. The number of hydrogen-bond acceptors (Lipinski definition) is 3. The van der Waals surface area contributed by atoms with Crippen molar-refractivity contribution >= 4 is 17.6 Å². The fourth-order valence-corrected chi connectivity index (χ4v) is 1.81.